The summed E-state index contributed by atoms with van der Waals surface area (Å²) in [4.78, 5) is 0. The van der Waals surface area contributed by atoms with E-state index in [9.17, 15) is 0 Å². The van der Waals surface area contributed by atoms with Crippen molar-refractivity contribution in [3.63, 3.8) is 0 Å². The fourth-order valence-electron chi connectivity index (χ4n) is 0.869. The Bertz CT molecular complexity index is 130. The second kappa shape index (κ2) is 4.83. The van der Waals surface area contributed by atoms with Crippen molar-refractivity contribution in [2.75, 3.05) is 0 Å². The van der Waals surface area contributed by atoms with Crippen molar-refractivity contribution in [1.29, 1.82) is 0 Å². The van der Waals surface area contributed by atoms with Crippen LogP contribution in [0.3, 0.4) is 0 Å². The normalized spacial score (nSPS) is 8.56. The maximum absolute atomic E-state index is 2.20. The van der Waals surface area contributed by atoms with Gasteiger partial charge in [-0.3, -0.25) is 0 Å². The van der Waals surface area contributed by atoms with E-state index in [-0.39, 0.29) is 19.8 Å². The van der Waals surface area contributed by atoms with E-state index < -0.39 is 0 Å². The molecule has 0 aliphatic rings. The predicted octanol–water partition coefficient (Wildman–Crippen LogP) is 2.36. The van der Waals surface area contributed by atoms with E-state index in [1.54, 1.807) is 0 Å². The molecule has 0 N–H and O–H groups in total. The van der Waals surface area contributed by atoms with E-state index in [4.69, 9.17) is 0 Å². The van der Waals surface area contributed by atoms with Crippen molar-refractivity contribution >= 4 is 0 Å². The predicted molar refractivity (Wildman–Crippen MR) is 36.0 cm³/mol. The molecule has 0 aliphatic carbocycles. The number of hydrogen-bond donors (Lipinski definition) is 0. The molecule has 1 aromatic carbocycles. The minimum atomic E-state index is 0. The number of rotatable bonds is 2. The van der Waals surface area contributed by atoms with E-state index in [0.29, 0.717) is 0 Å². The Labute approximate surface area is 69.7 Å². The monoisotopic (exact) mass is 299 g/mol. The first-order valence-electron chi connectivity index (χ1n) is 3.14. The fourth-order valence-corrected chi connectivity index (χ4v) is 0.869. The Morgan fingerprint density at radius 3 is 2.22 bits per heavy atom. The molecule has 1 radical (unpaired) electrons. The zero-order valence-electron chi connectivity index (χ0n) is 5.58. The summed E-state index contributed by atoms with van der Waals surface area (Å²) in [5, 5.41) is 0. The largest absolute Gasteiger partial charge is 1.00 e. The third kappa shape index (κ3) is 2.87. The van der Waals surface area contributed by atoms with E-state index >= 15 is 0 Å². The van der Waals surface area contributed by atoms with Gasteiger partial charge in [0.1, 0.15) is 0 Å². The van der Waals surface area contributed by atoms with Crippen LogP contribution in [-0.4, -0.2) is 0 Å². The van der Waals surface area contributed by atoms with E-state index in [2.05, 4.69) is 31.2 Å². The van der Waals surface area contributed by atoms with Crippen LogP contribution in [0.1, 0.15) is 18.9 Å². The summed E-state index contributed by atoms with van der Waals surface area (Å²) in [7, 11) is 0. The van der Waals surface area contributed by atoms with Gasteiger partial charge in [0.15, 0.2) is 0 Å². The van der Waals surface area contributed by atoms with Crippen LogP contribution in [0, 0.1) is 0 Å². The molecule has 0 saturated carbocycles. The van der Waals surface area contributed by atoms with Gasteiger partial charge in [-0.05, 0) is 0 Å². The molecule has 0 unspecified atom stereocenters. The van der Waals surface area contributed by atoms with E-state index in [0.717, 1.165) is 0 Å². The minimum Gasteiger partial charge on any atom is -0.213 e. The van der Waals surface area contributed by atoms with Crippen molar-refractivity contribution in [2.24, 2.45) is 0 Å². The third-order valence-electron chi connectivity index (χ3n) is 1.27. The van der Waals surface area contributed by atoms with Gasteiger partial charge in [-0.1, -0.05) is 19.8 Å². The van der Waals surface area contributed by atoms with Gasteiger partial charge < -0.3 is 0 Å². The molecule has 9 heavy (non-hydrogen) atoms. The maximum Gasteiger partial charge on any atom is 1.00 e. The number of hydrogen-bond acceptors (Lipinski definition) is 0. The second-order valence-electron chi connectivity index (χ2n) is 2.04. The first-order valence-corrected chi connectivity index (χ1v) is 3.14. The van der Waals surface area contributed by atoms with Crippen LogP contribution in [0.2, 0.25) is 0 Å². The smallest absolute Gasteiger partial charge is 0.213 e. The third-order valence-corrected chi connectivity index (χ3v) is 1.27. The van der Waals surface area contributed by atoms with Crippen LogP contribution < -0.4 is 0 Å². The molecule has 0 bridgehead atoms. The first kappa shape index (κ1) is 8.99. The molecule has 0 heterocycles. The Morgan fingerprint density at radius 1 is 1.22 bits per heavy atom. The molecule has 0 aromatic heterocycles. The average Bonchev–Trinajstić information content (AvgIpc) is 2.19. The van der Waals surface area contributed by atoms with Gasteiger partial charge in [-0.15, -0.1) is 0 Å². The van der Waals surface area contributed by atoms with Crippen LogP contribution in [0.4, 0.5) is 0 Å². The molecule has 0 atom stereocenters. The summed E-state index contributed by atoms with van der Waals surface area (Å²) >= 11 is 0. The van der Waals surface area contributed by atoms with Crippen molar-refractivity contribution in [3.8, 4) is 0 Å². The van der Waals surface area contributed by atoms with Gasteiger partial charge in [0, 0.05) is 0 Å². The van der Waals surface area contributed by atoms with Gasteiger partial charge in [-0.2, -0.15) is 17.7 Å². The minimum absolute atomic E-state index is 0. The van der Waals surface area contributed by atoms with Gasteiger partial charge >= 0.3 is 19.8 Å². The Balaban J connectivity index is 0.000000640. The molecular formula is C8H11Os. The van der Waals surface area contributed by atoms with E-state index in [1.165, 1.54) is 18.4 Å². The zero-order chi connectivity index (χ0) is 5.82. The molecule has 1 rings (SSSR count). The van der Waals surface area contributed by atoms with Gasteiger partial charge in [0.25, 0.3) is 0 Å². The summed E-state index contributed by atoms with van der Waals surface area (Å²) < 4.78 is 0. The Kier molecular flexibility index (Phi) is 4.82. The molecule has 0 nitrogen and oxygen atoms in total. The maximum atomic E-state index is 2.20. The molecular weight excluding hydrogens is 286 g/mol. The molecule has 0 spiro atoms. The van der Waals surface area contributed by atoms with Crippen LogP contribution in [0.25, 0.3) is 0 Å². The summed E-state index contributed by atoms with van der Waals surface area (Å²) in [5.41, 5.74) is 1.47. The summed E-state index contributed by atoms with van der Waals surface area (Å²) in [5.74, 6) is 0. The molecule has 0 saturated heterocycles. The van der Waals surface area contributed by atoms with E-state index in [1.807, 2.05) is 0 Å². The van der Waals surface area contributed by atoms with Gasteiger partial charge in [-0.25, -0.2) is 12.1 Å². The standard InChI is InChI=1S/C8H11.Os/c1-2-5-8-6-3-4-7-8;/h3-4,6-7H,2,5H2,1H3;/q-1;+1. The molecule has 0 amide bonds. The SMILES string of the molecule is CCC[c-]1cccc1.[Os+]. The van der Waals surface area contributed by atoms with Gasteiger partial charge in [0.05, 0.1) is 0 Å². The molecule has 0 aliphatic heterocycles. The average molecular weight is 297 g/mol. The van der Waals surface area contributed by atoms with Crippen molar-refractivity contribution < 1.29 is 19.8 Å². The Morgan fingerprint density at radius 2 is 1.78 bits per heavy atom. The molecule has 51 valence electrons. The van der Waals surface area contributed by atoms with Crippen molar-refractivity contribution in [3.05, 3.63) is 29.8 Å². The quantitative estimate of drug-likeness (QED) is 0.735. The summed E-state index contributed by atoms with van der Waals surface area (Å²) in [6.45, 7) is 2.20. The van der Waals surface area contributed by atoms with Gasteiger partial charge in [0.2, 0.25) is 0 Å². The summed E-state index contributed by atoms with van der Waals surface area (Å²) in [6.07, 6.45) is 2.48. The molecule has 1 aromatic rings. The second-order valence-corrected chi connectivity index (χ2v) is 2.04. The van der Waals surface area contributed by atoms with Crippen LogP contribution >= 0.6 is 0 Å². The topological polar surface area (TPSA) is 0 Å². The van der Waals surface area contributed by atoms with Crippen molar-refractivity contribution in [2.45, 2.75) is 19.8 Å². The first-order chi connectivity index (χ1) is 3.93. The summed E-state index contributed by atoms with van der Waals surface area (Å²) in [6, 6.07) is 8.52. The Hall–Kier alpha value is -0.0136. The zero-order valence-corrected chi connectivity index (χ0v) is 8.12. The van der Waals surface area contributed by atoms with Crippen LogP contribution in [0.5, 0.6) is 0 Å². The van der Waals surface area contributed by atoms with Crippen molar-refractivity contribution in [1.82, 2.24) is 0 Å². The molecule has 0 fully saturated rings. The molecule has 1 heteroatoms. The number of aryl methyl sites for hydroxylation is 1. The van der Waals surface area contributed by atoms with Crippen LogP contribution in [-0.2, 0) is 26.2 Å². The van der Waals surface area contributed by atoms with Crippen LogP contribution in [0.15, 0.2) is 24.3 Å². The fraction of sp³-hybridized carbons (Fsp3) is 0.375.